The first-order valence-electron chi connectivity index (χ1n) is 5.46. The number of aliphatic carboxylic acids is 1. The Kier molecular flexibility index (Phi) is 3.84. The molecule has 2 heterocycles. The average molecular weight is 287 g/mol. The van der Waals surface area contributed by atoms with Gasteiger partial charge in [-0.1, -0.05) is 12.2 Å². The number of hydrogen-bond acceptors (Lipinski definition) is 4. The maximum atomic E-state index is 12.2. The zero-order valence-corrected chi connectivity index (χ0v) is 11.2. The molecule has 0 bridgehead atoms. The number of nitrogens with zero attached hydrogens (tertiary/aromatic N) is 1. The second kappa shape index (κ2) is 5.21. The first kappa shape index (κ1) is 13.3. The van der Waals surface area contributed by atoms with Crippen molar-refractivity contribution in [3.8, 4) is 0 Å². The molecule has 18 heavy (non-hydrogen) atoms. The largest absolute Gasteiger partial charge is 0.481 e. The normalized spacial score (nSPS) is 16.9. The number of rotatable bonds is 4. The Bertz CT molecular complexity index is 574. The molecule has 1 aromatic rings. The smallest absolute Gasteiger partial charge is 0.308 e. The van der Waals surface area contributed by atoms with E-state index in [0.717, 1.165) is 11.3 Å². The van der Waals surface area contributed by atoms with Crippen molar-refractivity contribution in [2.75, 3.05) is 13.1 Å². The third-order valence-corrected chi connectivity index (χ3v) is 6.00. The van der Waals surface area contributed by atoms with E-state index in [1.54, 1.807) is 6.07 Å². The first-order chi connectivity index (χ1) is 8.50. The van der Waals surface area contributed by atoms with Crippen LogP contribution >= 0.6 is 11.3 Å². The topological polar surface area (TPSA) is 74.7 Å². The fraction of sp³-hybridized carbons (Fsp3) is 0.364. The monoisotopic (exact) mass is 287 g/mol. The van der Waals surface area contributed by atoms with E-state index in [1.807, 2.05) is 12.2 Å². The van der Waals surface area contributed by atoms with E-state index in [2.05, 4.69) is 0 Å². The third kappa shape index (κ3) is 2.80. The predicted octanol–water partition coefficient (Wildman–Crippen LogP) is 1.33. The number of hydrogen-bond donors (Lipinski definition) is 1. The van der Waals surface area contributed by atoms with Gasteiger partial charge in [-0.15, -0.1) is 11.3 Å². The van der Waals surface area contributed by atoms with Gasteiger partial charge in [0.2, 0.25) is 0 Å². The second-order valence-corrected chi connectivity index (χ2v) is 7.25. The summed E-state index contributed by atoms with van der Waals surface area (Å²) in [6.07, 6.45) is 4.36. The lowest BCUT2D eigenvalue weighted by atomic mass is 10.3. The summed E-state index contributed by atoms with van der Waals surface area (Å²) < 4.78 is 26.1. The summed E-state index contributed by atoms with van der Waals surface area (Å²) >= 11 is 1.03. The zero-order valence-electron chi connectivity index (χ0n) is 9.57. The van der Waals surface area contributed by atoms with Gasteiger partial charge < -0.3 is 5.11 Å². The molecule has 2 rings (SSSR count). The van der Waals surface area contributed by atoms with Crippen LogP contribution in [0.2, 0.25) is 0 Å². The van der Waals surface area contributed by atoms with E-state index in [0.29, 0.717) is 24.4 Å². The van der Waals surface area contributed by atoms with Gasteiger partial charge in [-0.2, -0.15) is 4.31 Å². The summed E-state index contributed by atoms with van der Waals surface area (Å²) in [6.45, 7) is 0.861. The molecular formula is C11H13NO4S2. The van der Waals surface area contributed by atoms with Gasteiger partial charge in [-0.05, 0) is 18.6 Å². The lowest BCUT2D eigenvalue weighted by Gasteiger charge is -2.21. The summed E-state index contributed by atoms with van der Waals surface area (Å²) in [5.41, 5.74) is 0. The molecule has 0 saturated heterocycles. The minimum absolute atomic E-state index is 0.139. The van der Waals surface area contributed by atoms with Crippen LogP contribution in [-0.2, 0) is 21.2 Å². The summed E-state index contributed by atoms with van der Waals surface area (Å²) in [5.74, 6) is -0.957. The lowest BCUT2D eigenvalue weighted by Crippen LogP contribution is -2.33. The van der Waals surface area contributed by atoms with Crippen LogP contribution in [0.15, 0.2) is 28.5 Å². The van der Waals surface area contributed by atoms with Crippen LogP contribution in [0.1, 0.15) is 11.3 Å². The van der Waals surface area contributed by atoms with Crippen molar-refractivity contribution < 1.29 is 18.3 Å². The molecule has 7 heteroatoms. The van der Waals surface area contributed by atoms with Gasteiger partial charge in [-0.25, -0.2) is 8.42 Å². The highest BCUT2D eigenvalue weighted by Gasteiger charge is 2.26. The quantitative estimate of drug-likeness (QED) is 0.848. The van der Waals surface area contributed by atoms with Gasteiger partial charge in [0.1, 0.15) is 4.21 Å². The number of sulfonamides is 1. The highest BCUT2D eigenvalue weighted by molar-refractivity contribution is 7.91. The van der Waals surface area contributed by atoms with Crippen molar-refractivity contribution >= 4 is 27.3 Å². The Morgan fingerprint density at radius 2 is 2.17 bits per heavy atom. The molecular weight excluding hydrogens is 274 g/mol. The van der Waals surface area contributed by atoms with Gasteiger partial charge in [-0.3, -0.25) is 4.79 Å². The molecule has 0 unspecified atom stereocenters. The van der Waals surface area contributed by atoms with Crippen molar-refractivity contribution in [1.29, 1.82) is 0 Å². The molecule has 0 amide bonds. The van der Waals surface area contributed by atoms with E-state index >= 15 is 0 Å². The Balaban J connectivity index is 2.21. The van der Waals surface area contributed by atoms with E-state index in [9.17, 15) is 13.2 Å². The summed E-state index contributed by atoms with van der Waals surface area (Å²) in [4.78, 5) is 11.1. The van der Waals surface area contributed by atoms with E-state index in [1.165, 1.54) is 10.4 Å². The van der Waals surface area contributed by atoms with E-state index in [-0.39, 0.29) is 10.6 Å². The van der Waals surface area contributed by atoms with Gasteiger partial charge in [0.15, 0.2) is 0 Å². The predicted molar refractivity (Wildman–Crippen MR) is 68.2 cm³/mol. The Labute approximate surface area is 109 Å². The Morgan fingerprint density at radius 1 is 1.39 bits per heavy atom. The first-order valence-corrected chi connectivity index (χ1v) is 7.71. The van der Waals surface area contributed by atoms with E-state index < -0.39 is 16.0 Å². The molecule has 0 aliphatic carbocycles. The molecule has 0 aromatic carbocycles. The SMILES string of the molecule is O=C(O)Cc1ccc(S(=O)(=O)N2CC=CCC2)s1. The van der Waals surface area contributed by atoms with Crippen molar-refractivity contribution in [1.82, 2.24) is 4.31 Å². The summed E-state index contributed by atoms with van der Waals surface area (Å²) in [7, 11) is -3.47. The van der Waals surface area contributed by atoms with Crippen LogP contribution in [0.4, 0.5) is 0 Å². The number of thiophene rings is 1. The van der Waals surface area contributed by atoms with Crippen molar-refractivity contribution in [3.05, 3.63) is 29.2 Å². The van der Waals surface area contributed by atoms with Gasteiger partial charge >= 0.3 is 5.97 Å². The zero-order chi connectivity index (χ0) is 13.2. The second-order valence-electron chi connectivity index (χ2n) is 3.91. The number of carboxylic acids is 1. The summed E-state index contributed by atoms with van der Waals surface area (Å²) in [6, 6.07) is 3.04. The Morgan fingerprint density at radius 3 is 2.78 bits per heavy atom. The molecule has 1 N–H and O–H groups in total. The van der Waals surface area contributed by atoms with Crippen LogP contribution in [0.25, 0.3) is 0 Å². The minimum Gasteiger partial charge on any atom is -0.481 e. The van der Waals surface area contributed by atoms with Crippen molar-refractivity contribution in [2.24, 2.45) is 0 Å². The molecule has 0 radical (unpaired) electrons. The molecule has 0 spiro atoms. The van der Waals surface area contributed by atoms with Gasteiger partial charge in [0, 0.05) is 18.0 Å². The molecule has 5 nitrogen and oxygen atoms in total. The van der Waals surface area contributed by atoms with E-state index in [4.69, 9.17) is 5.11 Å². The Hall–Kier alpha value is -1.18. The minimum atomic E-state index is -3.47. The van der Waals surface area contributed by atoms with Gasteiger partial charge in [0.05, 0.1) is 6.42 Å². The third-order valence-electron chi connectivity index (χ3n) is 2.58. The number of carboxylic acid groups (broad SMARTS) is 1. The maximum Gasteiger partial charge on any atom is 0.308 e. The molecule has 0 saturated carbocycles. The molecule has 0 fully saturated rings. The molecule has 0 atom stereocenters. The maximum absolute atomic E-state index is 12.2. The average Bonchev–Trinajstić information content (AvgIpc) is 2.78. The molecule has 1 aliphatic heterocycles. The molecule has 1 aliphatic rings. The summed E-state index contributed by atoms with van der Waals surface area (Å²) in [5, 5.41) is 8.67. The molecule has 98 valence electrons. The van der Waals surface area contributed by atoms with Crippen LogP contribution in [-0.4, -0.2) is 36.9 Å². The lowest BCUT2D eigenvalue weighted by molar-refractivity contribution is -0.136. The van der Waals surface area contributed by atoms with Crippen LogP contribution < -0.4 is 0 Å². The van der Waals surface area contributed by atoms with Crippen molar-refractivity contribution in [2.45, 2.75) is 17.1 Å². The van der Waals surface area contributed by atoms with Crippen LogP contribution in [0.3, 0.4) is 0 Å². The fourth-order valence-corrected chi connectivity index (χ4v) is 4.61. The standard InChI is InChI=1S/C11H13NO4S2/c13-10(14)8-9-4-5-11(17-9)18(15,16)12-6-2-1-3-7-12/h1-2,4-5H,3,6-8H2,(H,13,14). The van der Waals surface area contributed by atoms with Crippen LogP contribution in [0, 0.1) is 0 Å². The fourth-order valence-electron chi connectivity index (χ4n) is 1.71. The van der Waals surface area contributed by atoms with Crippen LogP contribution in [0.5, 0.6) is 0 Å². The highest BCUT2D eigenvalue weighted by Crippen LogP contribution is 2.26. The van der Waals surface area contributed by atoms with Gasteiger partial charge in [0.25, 0.3) is 10.0 Å². The van der Waals surface area contributed by atoms with Crippen molar-refractivity contribution in [3.63, 3.8) is 0 Å². The highest BCUT2D eigenvalue weighted by atomic mass is 32.2. The molecule has 1 aromatic heterocycles. The number of carbonyl (C=O) groups is 1.